The van der Waals surface area contributed by atoms with Gasteiger partial charge in [-0.25, -0.2) is 14.6 Å². The molecule has 41 heavy (non-hydrogen) atoms. The fourth-order valence-electron chi connectivity index (χ4n) is 4.33. The third kappa shape index (κ3) is 6.74. The molecule has 1 aliphatic rings. The molecule has 0 N–H and O–H groups in total. The third-order valence-corrected chi connectivity index (χ3v) is 7.78. The molecule has 0 saturated carbocycles. The van der Waals surface area contributed by atoms with Crippen molar-refractivity contribution in [2.24, 2.45) is 4.99 Å². The van der Waals surface area contributed by atoms with Gasteiger partial charge in [-0.3, -0.25) is 9.36 Å². The number of ether oxygens (including phenoxy) is 4. The van der Waals surface area contributed by atoms with Crippen molar-refractivity contribution >= 4 is 56.9 Å². The van der Waals surface area contributed by atoms with Crippen LogP contribution in [0.2, 0.25) is 5.02 Å². The Morgan fingerprint density at radius 1 is 1.07 bits per heavy atom. The molecule has 0 amide bonds. The molecular formula is C29H28BrClN2O7S. The van der Waals surface area contributed by atoms with Crippen LogP contribution in [-0.2, 0) is 19.1 Å². The zero-order chi connectivity index (χ0) is 29.7. The van der Waals surface area contributed by atoms with Crippen molar-refractivity contribution in [2.75, 3.05) is 26.4 Å². The number of fused-ring (bicyclic) bond motifs is 1. The van der Waals surface area contributed by atoms with Gasteiger partial charge in [-0.05, 0) is 79.5 Å². The standard InChI is InChI=1S/C29H28BrClN2O7S/c1-5-37-20-10-8-17(9-11-20)25-24(28(36)39-7-3)16(4)32-29-33(25)27(35)22(41-29)13-18-12-19(31)14-21(30)26(18)40-15-23(34)38-6-2/h8-14,25H,5-7,15H2,1-4H3/b22-13-/t25-/m1/s1. The molecule has 4 rings (SSSR count). The normalized spacial score (nSPS) is 14.8. The Kier molecular flexibility index (Phi) is 10.1. The number of hydrogen-bond acceptors (Lipinski definition) is 9. The maximum atomic E-state index is 14.0. The van der Waals surface area contributed by atoms with Gasteiger partial charge in [0.1, 0.15) is 11.5 Å². The van der Waals surface area contributed by atoms with Gasteiger partial charge >= 0.3 is 11.9 Å². The molecule has 12 heteroatoms. The molecule has 0 bridgehead atoms. The van der Waals surface area contributed by atoms with E-state index in [0.717, 1.165) is 11.3 Å². The minimum atomic E-state index is -0.770. The topological polar surface area (TPSA) is 105 Å². The van der Waals surface area contributed by atoms with Crippen LogP contribution >= 0.6 is 38.9 Å². The average Bonchev–Trinajstić information content (AvgIpc) is 3.22. The Morgan fingerprint density at radius 3 is 2.44 bits per heavy atom. The highest BCUT2D eigenvalue weighted by atomic mass is 79.9. The van der Waals surface area contributed by atoms with Gasteiger partial charge in [-0.1, -0.05) is 35.1 Å². The van der Waals surface area contributed by atoms with Crippen LogP contribution in [0.3, 0.4) is 0 Å². The molecule has 216 valence electrons. The van der Waals surface area contributed by atoms with Crippen molar-refractivity contribution in [2.45, 2.75) is 33.7 Å². The predicted octanol–water partition coefficient (Wildman–Crippen LogP) is 4.55. The van der Waals surface area contributed by atoms with Gasteiger partial charge < -0.3 is 18.9 Å². The summed E-state index contributed by atoms with van der Waals surface area (Å²) in [6.45, 7) is 7.62. The van der Waals surface area contributed by atoms with Crippen molar-refractivity contribution in [3.63, 3.8) is 0 Å². The third-order valence-electron chi connectivity index (χ3n) is 5.99. The summed E-state index contributed by atoms with van der Waals surface area (Å²) in [6, 6.07) is 9.72. The molecule has 0 saturated heterocycles. The van der Waals surface area contributed by atoms with Crippen LogP contribution in [0.5, 0.6) is 11.5 Å². The van der Waals surface area contributed by atoms with E-state index in [0.29, 0.717) is 53.8 Å². The zero-order valence-corrected chi connectivity index (χ0v) is 26.0. The molecule has 0 fully saturated rings. The van der Waals surface area contributed by atoms with E-state index in [1.165, 1.54) is 4.57 Å². The molecular weight excluding hydrogens is 636 g/mol. The quantitative estimate of drug-likeness (QED) is 0.293. The fourth-order valence-corrected chi connectivity index (χ4v) is 6.32. The van der Waals surface area contributed by atoms with Gasteiger partial charge in [0.2, 0.25) is 0 Å². The molecule has 0 aliphatic carbocycles. The van der Waals surface area contributed by atoms with E-state index >= 15 is 0 Å². The van der Waals surface area contributed by atoms with Crippen LogP contribution in [0.4, 0.5) is 0 Å². The summed E-state index contributed by atoms with van der Waals surface area (Å²) < 4.78 is 24.0. The molecule has 0 radical (unpaired) electrons. The second-order valence-electron chi connectivity index (χ2n) is 8.70. The number of allylic oxidation sites excluding steroid dienone is 1. The number of halogens is 2. The Bertz CT molecular complexity index is 1680. The van der Waals surface area contributed by atoms with Gasteiger partial charge in [0.25, 0.3) is 5.56 Å². The maximum absolute atomic E-state index is 14.0. The molecule has 2 aromatic carbocycles. The van der Waals surface area contributed by atoms with Crippen LogP contribution < -0.4 is 24.4 Å². The summed E-state index contributed by atoms with van der Waals surface area (Å²) in [6.07, 6.45) is 1.62. The van der Waals surface area contributed by atoms with Gasteiger partial charge in [0, 0.05) is 10.6 Å². The number of thiazole rings is 1. The average molecular weight is 664 g/mol. The lowest BCUT2D eigenvalue weighted by molar-refractivity contribution is -0.145. The predicted molar refractivity (Wildman–Crippen MR) is 159 cm³/mol. The van der Waals surface area contributed by atoms with Gasteiger partial charge in [0.15, 0.2) is 11.4 Å². The summed E-state index contributed by atoms with van der Waals surface area (Å²) in [4.78, 5) is 44.0. The molecule has 0 spiro atoms. The van der Waals surface area contributed by atoms with Crippen LogP contribution in [0.15, 0.2) is 61.9 Å². The van der Waals surface area contributed by atoms with E-state index in [1.54, 1.807) is 51.1 Å². The Labute approximate surface area is 253 Å². The Hall–Kier alpha value is -3.41. The monoisotopic (exact) mass is 662 g/mol. The molecule has 3 aromatic rings. The number of aromatic nitrogens is 1. The number of nitrogens with zero attached hydrogens (tertiary/aromatic N) is 2. The number of esters is 2. The molecule has 0 unspecified atom stereocenters. The minimum Gasteiger partial charge on any atom is -0.494 e. The van der Waals surface area contributed by atoms with E-state index in [4.69, 9.17) is 30.5 Å². The van der Waals surface area contributed by atoms with Crippen LogP contribution in [0.1, 0.15) is 44.9 Å². The number of benzene rings is 2. The minimum absolute atomic E-state index is 0.175. The van der Waals surface area contributed by atoms with Gasteiger partial charge in [0.05, 0.1) is 46.1 Å². The highest BCUT2D eigenvalue weighted by Crippen LogP contribution is 2.34. The summed E-state index contributed by atoms with van der Waals surface area (Å²) in [5.74, 6) is -0.0870. The number of carbonyl (C=O) groups is 2. The first-order valence-electron chi connectivity index (χ1n) is 12.9. The van der Waals surface area contributed by atoms with E-state index in [1.807, 2.05) is 19.1 Å². The lowest BCUT2D eigenvalue weighted by atomic mass is 9.96. The number of carbonyl (C=O) groups excluding carboxylic acids is 2. The largest absolute Gasteiger partial charge is 0.494 e. The Morgan fingerprint density at radius 2 is 1.78 bits per heavy atom. The molecule has 9 nitrogen and oxygen atoms in total. The zero-order valence-electron chi connectivity index (χ0n) is 22.9. The summed E-state index contributed by atoms with van der Waals surface area (Å²) in [5, 5.41) is 0.395. The SMILES string of the molecule is CCOC(=O)COc1c(Br)cc(Cl)cc1/C=c1\sc2n(c1=O)[C@H](c1ccc(OCC)cc1)C(C(=O)OCC)=C(C)N=2. The fraction of sp³-hybridized carbons (Fsp3) is 0.310. The Balaban J connectivity index is 1.88. The van der Waals surface area contributed by atoms with E-state index in [-0.39, 0.29) is 31.0 Å². The first-order valence-corrected chi connectivity index (χ1v) is 14.9. The van der Waals surface area contributed by atoms with E-state index in [2.05, 4.69) is 20.9 Å². The van der Waals surface area contributed by atoms with Crippen molar-refractivity contribution in [3.8, 4) is 11.5 Å². The molecule has 2 heterocycles. The molecule has 1 aromatic heterocycles. The lowest BCUT2D eigenvalue weighted by Crippen LogP contribution is -2.39. The second-order valence-corrected chi connectivity index (χ2v) is 11.0. The smallest absolute Gasteiger partial charge is 0.344 e. The van der Waals surface area contributed by atoms with Crippen molar-refractivity contribution in [1.82, 2.24) is 4.57 Å². The maximum Gasteiger partial charge on any atom is 0.344 e. The summed E-state index contributed by atoms with van der Waals surface area (Å²) in [5.41, 5.74) is 1.53. The lowest BCUT2D eigenvalue weighted by Gasteiger charge is -2.24. The van der Waals surface area contributed by atoms with Gasteiger partial charge in [-0.15, -0.1) is 0 Å². The summed E-state index contributed by atoms with van der Waals surface area (Å²) >= 11 is 10.9. The van der Waals surface area contributed by atoms with E-state index in [9.17, 15) is 14.4 Å². The molecule has 1 atom stereocenters. The summed E-state index contributed by atoms with van der Waals surface area (Å²) in [7, 11) is 0. The van der Waals surface area contributed by atoms with Crippen LogP contribution in [0.25, 0.3) is 6.08 Å². The van der Waals surface area contributed by atoms with Gasteiger partial charge in [-0.2, -0.15) is 0 Å². The van der Waals surface area contributed by atoms with Crippen molar-refractivity contribution < 1.29 is 28.5 Å². The molecule has 1 aliphatic heterocycles. The number of rotatable bonds is 10. The first kappa shape index (κ1) is 30.5. The van der Waals surface area contributed by atoms with Crippen molar-refractivity contribution in [3.05, 3.63) is 88.0 Å². The number of hydrogen-bond donors (Lipinski definition) is 0. The van der Waals surface area contributed by atoms with Crippen molar-refractivity contribution in [1.29, 1.82) is 0 Å². The highest BCUT2D eigenvalue weighted by molar-refractivity contribution is 9.10. The highest BCUT2D eigenvalue weighted by Gasteiger charge is 2.33. The second kappa shape index (κ2) is 13.5. The van der Waals surface area contributed by atoms with Crippen LogP contribution in [-0.4, -0.2) is 42.9 Å². The first-order chi connectivity index (χ1) is 19.7. The van der Waals surface area contributed by atoms with E-state index < -0.39 is 18.0 Å². The van der Waals surface area contributed by atoms with Crippen LogP contribution in [0, 0.1) is 0 Å².